The van der Waals surface area contributed by atoms with Crippen molar-refractivity contribution in [1.29, 1.82) is 0 Å². The molecule has 7 heteroatoms. The van der Waals surface area contributed by atoms with Crippen LogP contribution < -0.4 is 5.32 Å². The lowest BCUT2D eigenvalue weighted by molar-refractivity contribution is -0.137. The summed E-state index contributed by atoms with van der Waals surface area (Å²) in [5.74, 6) is 0. The summed E-state index contributed by atoms with van der Waals surface area (Å²) in [7, 11) is 0. The smallest absolute Gasteiger partial charge is 0.378 e. The predicted molar refractivity (Wildman–Crippen MR) is 76.7 cm³/mol. The van der Waals surface area contributed by atoms with E-state index in [-0.39, 0.29) is 0 Å². The van der Waals surface area contributed by atoms with Crippen molar-refractivity contribution in [1.82, 2.24) is 4.98 Å². The quantitative estimate of drug-likeness (QED) is 0.913. The molecule has 3 rings (SSSR count). The van der Waals surface area contributed by atoms with Crippen LogP contribution in [-0.2, 0) is 10.9 Å². The topological polar surface area (TPSA) is 34.1 Å². The third kappa shape index (κ3) is 3.13. The fourth-order valence-corrected chi connectivity index (χ4v) is 3.32. The van der Waals surface area contributed by atoms with Gasteiger partial charge in [-0.2, -0.15) is 13.2 Å². The van der Waals surface area contributed by atoms with Gasteiger partial charge in [-0.25, -0.2) is 4.98 Å². The number of hydrogen-bond donors (Lipinski definition) is 1. The molecule has 1 fully saturated rings. The zero-order valence-electron chi connectivity index (χ0n) is 11.4. The molecule has 0 atom stereocenters. The normalized spacial score (nSPS) is 22.3. The number of fused-ring (bicyclic) bond motifs is 1. The van der Waals surface area contributed by atoms with Crippen LogP contribution in [-0.4, -0.2) is 23.7 Å². The molecule has 1 aliphatic carbocycles. The van der Waals surface area contributed by atoms with E-state index in [1.807, 2.05) is 6.92 Å². The van der Waals surface area contributed by atoms with Crippen LogP contribution in [0, 0.1) is 0 Å². The Morgan fingerprint density at radius 3 is 2.81 bits per heavy atom. The number of rotatable bonds is 4. The molecule has 1 N–H and O–H groups in total. The van der Waals surface area contributed by atoms with E-state index in [4.69, 9.17) is 4.74 Å². The molecule has 1 aromatic heterocycles. The van der Waals surface area contributed by atoms with Gasteiger partial charge in [-0.3, -0.25) is 0 Å². The van der Waals surface area contributed by atoms with E-state index in [9.17, 15) is 13.2 Å². The van der Waals surface area contributed by atoms with Crippen LogP contribution in [0.4, 0.5) is 18.3 Å². The highest BCUT2D eigenvalue weighted by atomic mass is 32.1. The van der Waals surface area contributed by atoms with Gasteiger partial charge in [-0.1, -0.05) is 11.3 Å². The first-order chi connectivity index (χ1) is 9.95. The van der Waals surface area contributed by atoms with Crippen molar-refractivity contribution in [3.63, 3.8) is 0 Å². The third-order valence-electron chi connectivity index (χ3n) is 3.54. The fraction of sp³-hybridized carbons (Fsp3) is 0.500. The largest absolute Gasteiger partial charge is 0.416 e. The van der Waals surface area contributed by atoms with Crippen molar-refractivity contribution >= 4 is 26.7 Å². The van der Waals surface area contributed by atoms with E-state index in [1.54, 1.807) is 0 Å². The maximum absolute atomic E-state index is 12.7. The van der Waals surface area contributed by atoms with Crippen molar-refractivity contribution in [2.24, 2.45) is 0 Å². The highest BCUT2D eigenvalue weighted by molar-refractivity contribution is 7.22. The van der Waals surface area contributed by atoms with Gasteiger partial charge in [-0.15, -0.1) is 0 Å². The lowest BCUT2D eigenvalue weighted by Crippen LogP contribution is -2.40. The van der Waals surface area contributed by atoms with E-state index >= 15 is 0 Å². The van der Waals surface area contributed by atoms with E-state index < -0.39 is 11.7 Å². The number of thiazole rings is 1. The molecule has 3 nitrogen and oxygen atoms in total. The van der Waals surface area contributed by atoms with Crippen molar-refractivity contribution in [3.05, 3.63) is 23.8 Å². The van der Waals surface area contributed by atoms with Crippen LogP contribution in [0.25, 0.3) is 10.2 Å². The number of aromatic nitrogens is 1. The molecule has 1 aliphatic rings. The van der Waals surface area contributed by atoms with Crippen LogP contribution in [0.3, 0.4) is 0 Å². The average Bonchev–Trinajstić information content (AvgIpc) is 2.76. The lowest BCUT2D eigenvalue weighted by atomic mass is 9.89. The minimum absolute atomic E-state index is 0.290. The van der Waals surface area contributed by atoms with Gasteiger partial charge in [0, 0.05) is 12.6 Å². The molecule has 0 saturated heterocycles. The summed E-state index contributed by atoms with van der Waals surface area (Å²) in [5, 5.41) is 3.93. The Hall–Kier alpha value is -1.34. The summed E-state index contributed by atoms with van der Waals surface area (Å²) in [6, 6.07) is 3.97. The van der Waals surface area contributed by atoms with Gasteiger partial charge in [0.15, 0.2) is 5.13 Å². The van der Waals surface area contributed by atoms with Crippen molar-refractivity contribution < 1.29 is 17.9 Å². The average molecular weight is 316 g/mol. The number of anilines is 1. The summed E-state index contributed by atoms with van der Waals surface area (Å²) in [6.45, 7) is 2.67. The zero-order chi connectivity index (χ0) is 15.0. The first-order valence-corrected chi connectivity index (χ1v) is 7.63. The molecule has 0 amide bonds. The molecule has 0 unspecified atom stereocenters. The van der Waals surface area contributed by atoms with Gasteiger partial charge in [0.05, 0.1) is 21.9 Å². The number of halogens is 3. The molecule has 0 spiro atoms. The molecule has 0 bridgehead atoms. The third-order valence-corrected chi connectivity index (χ3v) is 4.51. The number of ether oxygens (including phenoxy) is 1. The second-order valence-electron chi connectivity index (χ2n) is 5.09. The van der Waals surface area contributed by atoms with Crippen LogP contribution >= 0.6 is 11.3 Å². The van der Waals surface area contributed by atoms with Gasteiger partial charge in [0.1, 0.15) is 0 Å². The van der Waals surface area contributed by atoms with Gasteiger partial charge in [0.25, 0.3) is 0 Å². The number of nitrogens with one attached hydrogen (secondary N) is 1. The van der Waals surface area contributed by atoms with Gasteiger partial charge in [0.2, 0.25) is 0 Å². The molecule has 0 aliphatic heterocycles. The molecule has 0 radical (unpaired) electrons. The van der Waals surface area contributed by atoms with Gasteiger partial charge in [-0.05, 0) is 38.0 Å². The van der Waals surface area contributed by atoms with Crippen LogP contribution in [0.1, 0.15) is 25.3 Å². The van der Waals surface area contributed by atoms with Crippen molar-refractivity contribution in [2.75, 3.05) is 11.9 Å². The van der Waals surface area contributed by atoms with E-state index in [0.717, 1.165) is 29.7 Å². The zero-order valence-corrected chi connectivity index (χ0v) is 12.2. The highest BCUT2D eigenvalue weighted by Crippen LogP contribution is 2.35. The summed E-state index contributed by atoms with van der Waals surface area (Å²) < 4.78 is 44.2. The Morgan fingerprint density at radius 1 is 1.38 bits per heavy atom. The van der Waals surface area contributed by atoms with E-state index in [0.29, 0.717) is 29.4 Å². The van der Waals surface area contributed by atoms with E-state index in [1.165, 1.54) is 17.4 Å². The number of nitrogens with zero attached hydrogens (tertiary/aromatic N) is 1. The monoisotopic (exact) mass is 316 g/mol. The Bertz CT molecular complexity index is 635. The molecule has 21 heavy (non-hydrogen) atoms. The minimum Gasteiger partial charge on any atom is -0.378 e. The highest BCUT2D eigenvalue weighted by Gasteiger charge is 2.32. The Kier molecular flexibility index (Phi) is 3.79. The summed E-state index contributed by atoms with van der Waals surface area (Å²) in [6.07, 6.45) is -2.21. The second-order valence-corrected chi connectivity index (χ2v) is 6.12. The standard InChI is InChI=1S/C14H15F3N2OS/c1-2-20-10-6-9(7-10)18-13-19-11-5-8(14(15,16)17)3-4-12(11)21-13/h3-5,9-10H,2,6-7H2,1H3,(H,18,19). The molecular formula is C14H15F3N2OS. The lowest BCUT2D eigenvalue weighted by Gasteiger charge is -2.35. The number of hydrogen-bond acceptors (Lipinski definition) is 4. The maximum atomic E-state index is 12.7. The summed E-state index contributed by atoms with van der Waals surface area (Å²) >= 11 is 1.38. The number of benzene rings is 1. The fourth-order valence-electron chi connectivity index (χ4n) is 2.40. The molecule has 1 aromatic carbocycles. The molecule has 2 aromatic rings. The second kappa shape index (κ2) is 5.46. The maximum Gasteiger partial charge on any atom is 0.416 e. The van der Waals surface area contributed by atoms with Crippen molar-refractivity contribution in [2.45, 2.75) is 38.1 Å². The molecule has 114 valence electrons. The summed E-state index contributed by atoms with van der Waals surface area (Å²) in [5.41, 5.74) is -0.273. The Morgan fingerprint density at radius 2 is 2.14 bits per heavy atom. The van der Waals surface area contributed by atoms with Crippen LogP contribution in [0.5, 0.6) is 0 Å². The van der Waals surface area contributed by atoms with Gasteiger partial charge >= 0.3 is 6.18 Å². The first kappa shape index (κ1) is 14.6. The Balaban J connectivity index is 1.70. The summed E-state index contributed by atoms with van der Waals surface area (Å²) in [4.78, 5) is 4.25. The van der Waals surface area contributed by atoms with Crippen LogP contribution in [0.2, 0.25) is 0 Å². The predicted octanol–water partition coefficient (Wildman–Crippen LogP) is 4.29. The minimum atomic E-state index is -4.33. The molecule has 1 saturated carbocycles. The molecular weight excluding hydrogens is 301 g/mol. The Labute approximate surface area is 124 Å². The number of alkyl halides is 3. The first-order valence-electron chi connectivity index (χ1n) is 6.81. The van der Waals surface area contributed by atoms with Gasteiger partial charge < -0.3 is 10.1 Å². The van der Waals surface area contributed by atoms with E-state index in [2.05, 4.69) is 10.3 Å². The molecule has 1 heterocycles. The SMILES string of the molecule is CCOC1CC(Nc2nc3cc(C(F)(F)F)ccc3s2)C1. The van der Waals surface area contributed by atoms with Crippen LogP contribution in [0.15, 0.2) is 18.2 Å². The van der Waals surface area contributed by atoms with Crippen molar-refractivity contribution in [3.8, 4) is 0 Å².